The first-order valence-electron chi connectivity index (χ1n) is 6.89. The molecule has 0 bridgehead atoms. The summed E-state index contributed by atoms with van der Waals surface area (Å²) in [6.07, 6.45) is 3.08. The molecule has 2 N–H and O–H groups in total. The number of rotatable bonds is 2. The second kappa shape index (κ2) is 4.56. The van der Waals surface area contributed by atoms with Crippen LogP contribution in [0.2, 0.25) is 0 Å². The number of nitrogens with two attached hydrogens (primary N) is 1. The molecule has 0 aromatic heterocycles. The van der Waals surface area contributed by atoms with Gasteiger partial charge in [0.2, 0.25) is 0 Å². The maximum Gasteiger partial charge on any atom is 0.0484 e. The van der Waals surface area contributed by atoms with Crippen molar-refractivity contribution in [2.24, 2.45) is 5.73 Å². The number of fused-ring (bicyclic) bond motifs is 1. The Bertz CT molecular complexity index is 426. The third-order valence-corrected chi connectivity index (χ3v) is 4.32. The predicted molar refractivity (Wildman–Crippen MR) is 73.9 cm³/mol. The Hall–Kier alpha value is -1.06. The van der Waals surface area contributed by atoms with Crippen LogP contribution in [-0.2, 0) is 11.2 Å². The van der Waals surface area contributed by atoms with Crippen LogP contribution in [0.1, 0.15) is 25.3 Å². The van der Waals surface area contributed by atoms with Crippen molar-refractivity contribution < 1.29 is 4.74 Å². The average Bonchev–Trinajstić information content (AvgIpc) is 2.67. The Kier molecular flexibility index (Phi) is 3.04. The number of hydrogen-bond acceptors (Lipinski definition) is 3. The van der Waals surface area contributed by atoms with Gasteiger partial charge in [-0.1, -0.05) is 18.2 Å². The summed E-state index contributed by atoms with van der Waals surface area (Å²) in [6.45, 7) is 4.86. The standard InChI is InChI=1S/C15H22N2O/c1-12-10-13-4-2-3-5-14(13)17(12)11-15(16)6-8-18-9-7-15/h2-5,12H,6-11,16H2,1H3. The fourth-order valence-corrected chi connectivity index (χ4v) is 3.15. The van der Waals surface area contributed by atoms with Gasteiger partial charge in [-0.05, 0) is 37.8 Å². The van der Waals surface area contributed by atoms with Gasteiger partial charge in [0.05, 0.1) is 0 Å². The van der Waals surface area contributed by atoms with Crippen molar-refractivity contribution in [1.82, 2.24) is 0 Å². The lowest BCUT2D eigenvalue weighted by Crippen LogP contribution is -2.54. The van der Waals surface area contributed by atoms with E-state index in [0.29, 0.717) is 6.04 Å². The topological polar surface area (TPSA) is 38.5 Å². The van der Waals surface area contributed by atoms with Gasteiger partial charge in [-0.15, -0.1) is 0 Å². The lowest BCUT2D eigenvalue weighted by molar-refractivity contribution is 0.0551. The highest BCUT2D eigenvalue weighted by Gasteiger charge is 2.34. The van der Waals surface area contributed by atoms with Crippen LogP contribution in [0.25, 0.3) is 0 Å². The molecular weight excluding hydrogens is 224 g/mol. The zero-order valence-electron chi connectivity index (χ0n) is 11.1. The number of para-hydroxylation sites is 1. The Morgan fingerprint density at radius 2 is 2.06 bits per heavy atom. The summed E-state index contributed by atoms with van der Waals surface area (Å²) < 4.78 is 5.43. The molecule has 1 unspecified atom stereocenters. The zero-order chi connectivity index (χ0) is 12.6. The third kappa shape index (κ3) is 2.13. The van der Waals surface area contributed by atoms with Crippen molar-refractivity contribution in [3.05, 3.63) is 29.8 Å². The minimum absolute atomic E-state index is 0.0794. The van der Waals surface area contributed by atoms with Gasteiger partial charge in [-0.2, -0.15) is 0 Å². The summed E-state index contributed by atoms with van der Waals surface area (Å²) in [4.78, 5) is 2.49. The van der Waals surface area contributed by atoms with E-state index in [0.717, 1.165) is 39.0 Å². The van der Waals surface area contributed by atoms with Crippen molar-refractivity contribution in [3.63, 3.8) is 0 Å². The monoisotopic (exact) mass is 246 g/mol. The summed E-state index contributed by atoms with van der Waals surface area (Å²) in [5.41, 5.74) is 9.29. The van der Waals surface area contributed by atoms with Crippen LogP contribution in [-0.4, -0.2) is 31.3 Å². The van der Waals surface area contributed by atoms with E-state index in [2.05, 4.69) is 36.1 Å². The molecule has 1 aromatic rings. The van der Waals surface area contributed by atoms with E-state index in [1.54, 1.807) is 0 Å². The van der Waals surface area contributed by atoms with E-state index in [-0.39, 0.29) is 5.54 Å². The molecule has 1 fully saturated rings. The van der Waals surface area contributed by atoms with Crippen LogP contribution < -0.4 is 10.6 Å². The third-order valence-electron chi connectivity index (χ3n) is 4.32. The molecule has 3 rings (SSSR count). The molecule has 3 nitrogen and oxygen atoms in total. The Morgan fingerprint density at radius 1 is 1.33 bits per heavy atom. The lowest BCUT2D eigenvalue weighted by Gasteiger charge is -2.39. The molecule has 0 aliphatic carbocycles. The van der Waals surface area contributed by atoms with Crippen LogP contribution in [0.5, 0.6) is 0 Å². The van der Waals surface area contributed by atoms with E-state index in [1.165, 1.54) is 11.3 Å². The zero-order valence-corrected chi connectivity index (χ0v) is 11.1. The summed E-state index contributed by atoms with van der Waals surface area (Å²) in [7, 11) is 0. The fraction of sp³-hybridized carbons (Fsp3) is 0.600. The van der Waals surface area contributed by atoms with Crippen LogP contribution >= 0.6 is 0 Å². The maximum atomic E-state index is 6.54. The number of ether oxygens (including phenoxy) is 1. The van der Waals surface area contributed by atoms with Crippen LogP contribution in [0.3, 0.4) is 0 Å². The van der Waals surface area contributed by atoms with Crippen LogP contribution in [0, 0.1) is 0 Å². The van der Waals surface area contributed by atoms with Crippen LogP contribution in [0.4, 0.5) is 5.69 Å². The summed E-state index contributed by atoms with van der Waals surface area (Å²) in [6, 6.07) is 9.27. The summed E-state index contributed by atoms with van der Waals surface area (Å²) >= 11 is 0. The van der Waals surface area contributed by atoms with Gasteiger partial charge in [-0.3, -0.25) is 0 Å². The maximum absolute atomic E-state index is 6.54. The van der Waals surface area contributed by atoms with Crippen molar-refractivity contribution in [3.8, 4) is 0 Å². The number of nitrogens with zero attached hydrogens (tertiary/aromatic N) is 1. The second-order valence-electron chi connectivity index (χ2n) is 5.78. The fourth-order valence-electron chi connectivity index (χ4n) is 3.15. The molecule has 2 heterocycles. The minimum Gasteiger partial charge on any atom is -0.381 e. The predicted octanol–water partition coefficient (Wildman–Crippen LogP) is 1.95. The molecule has 0 radical (unpaired) electrons. The van der Waals surface area contributed by atoms with Crippen molar-refractivity contribution in [1.29, 1.82) is 0 Å². The van der Waals surface area contributed by atoms with Gasteiger partial charge < -0.3 is 15.4 Å². The molecular formula is C15H22N2O. The lowest BCUT2D eigenvalue weighted by atomic mass is 9.90. The molecule has 0 spiro atoms. The Balaban J connectivity index is 1.80. The smallest absolute Gasteiger partial charge is 0.0484 e. The van der Waals surface area contributed by atoms with Gasteiger partial charge in [0.1, 0.15) is 0 Å². The highest BCUT2D eigenvalue weighted by Crippen LogP contribution is 2.34. The van der Waals surface area contributed by atoms with Crippen molar-refractivity contribution >= 4 is 5.69 Å². The molecule has 0 amide bonds. The average molecular weight is 246 g/mol. The molecule has 18 heavy (non-hydrogen) atoms. The largest absolute Gasteiger partial charge is 0.381 e. The van der Waals surface area contributed by atoms with Crippen LogP contribution in [0.15, 0.2) is 24.3 Å². The first-order valence-corrected chi connectivity index (χ1v) is 6.89. The molecule has 98 valence electrons. The molecule has 1 aromatic carbocycles. The highest BCUT2D eigenvalue weighted by molar-refractivity contribution is 5.59. The quantitative estimate of drug-likeness (QED) is 0.866. The molecule has 2 aliphatic heterocycles. The highest BCUT2D eigenvalue weighted by atomic mass is 16.5. The molecule has 1 saturated heterocycles. The normalized spacial score (nSPS) is 26.1. The number of anilines is 1. The molecule has 0 saturated carbocycles. The van der Waals surface area contributed by atoms with Crippen molar-refractivity contribution in [2.75, 3.05) is 24.7 Å². The van der Waals surface area contributed by atoms with E-state index < -0.39 is 0 Å². The first kappa shape index (κ1) is 12.0. The van der Waals surface area contributed by atoms with Crippen molar-refractivity contribution in [2.45, 2.75) is 37.8 Å². The first-order chi connectivity index (χ1) is 8.68. The van der Waals surface area contributed by atoms with E-state index in [4.69, 9.17) is 10.5 Å². The van der Waals surface area contributed by atoms with E-state index >= 15 is 0 Å². The number of benzene rings is 1. The van der Waals surface area contributed by atoms with Gasteiger partial charge in [0.15, 0.2) is 0 Å². The van der Waals surface area contributed by atoms with E-state index in [9.17, 15) is 0 Å². The van der Waals surface area contributed by atoms with Gasteiger partial charge >= 0.3 is 0 Å². The molecule has 2 aliphatic rings. The SMILES string of the molecule is CC1Cc2ccccc2N1CC1(N)CCOCC1. The van der Waals surface area contributed by atoms with Gasteiger partial charge in [-0.25, -0.2) is 0 Å². The second-order valence-corrected chi connectivity index (χ2v) is 5.78. The summed E-state index contributed by atoms with van der Waals surface area (Å²) in [5, 5.41) is 0. The molecule has 3 heteroatoms. The Morgan fingerprint density at radius 3 is 2.83 bits per heavy atom. The molecule has 1 atom stereocenters. The van der Waals surface area contributed by atoms with Gasteiger partial charge in [0.25, 0.3) is 0 Å². The van der Waals surface area contributed by atoms with E-state index in [1.807, 2.05) is 0 Å². The Labute approximate surface area is 109 Å². The van der Waals surface area contributed by atoms with Gasteiger partial charge in [0, 0.05) is 37.0 Å². The number of hydrogen-bond donors (Lipinski definition) is 1. The summed E-state index contributed by atoms with van der Waals surface area (Å²) in [5.74, 6) is 0. The minimum atomic E-state index is -0.0794.